The average Bonchev–Trinajstić information content (AvgIpc) is 2.86. The maximum Gasteiger partial charge on any atom is 0.194 e. The van der Waals surface area contributed by atoms with Crippen molar-refractivity contribution in [1.82, 2.24) is 25.0 Å². The Morgan fingerprint density at radius 2 is 2.10 bits per heavy atom. The second-order valence-corrected chi connectivity index (χ2v) is 4.60. The summed E-state index contributed by atoms with van der Waals surface area (Å²) in [5.74, 6) is 1.70. The lowest BCUT2D eigenvalue weighted by Crippen LogP contribution is -2.38. The van der Waals surface area contributed by atoms with Crippen molar-refractivity contribution in [2.75, 3.05) is 14.1 Å². The van der Waals surface area contributed by atoms with Crippen molar-refractivity contribution in [3.63, 3.8) is 0 Å². The predicted molar refractivity (Wildman–Crippen MR) is 79.1 cm³/mol. The van der Waals surface area contributed by atoms with Crippen LogP contribution >= 0.6 is 0 Å². The highest BCUT2D eigenvalue weighted by Gasteiger charge is 2.08. The molecule has 0 saturated heterocycles. The smallest absolute Gasteiger partial charge is 0.194 e. The van der Waals surface area contributed by atoms with Gasteiger partial charge in [-0.3, -0.25) is 4.99 Å². The van der Waals surface area contributed by atoms with Gasteiger partial charge >= 0.3 is 0 Å². The van der Waals surface area contributed by atoms with Crippen LogP contribution in [0.15, 0.2) is 41.7 Å². The molecule has 106 valence electrons. The van der Waals surface area contributed by atoms with E-state index in [-0.39, 0.29) is 0 Å². The van der Waals surface area contributed by atoms with Crippen LogP contribution in [0.3, 0.4) is 0 Å². The van der Waals surface area contributed by atoms with Gasteiger partial charge in [0.2, 0.25) is 0 Å². The molecule has 0 aliphatic heterocycles. The zero-order valence-electron chi connectivity index (χ0n) is 12.1. The molecule has 6 heteroatoms. The van der Waals surface area contributed by atoms with Crippen LogP contribution in [0.5, 0.6) is 0 Å². The molecule has 20 heavy (non-hydrogen) atoms. The molecule has 0 amide bonds. The number of hydrogen-bond donors (Lipinski definition) is 1. The molecule has 0 saturated carbocycles. The van der Waals surface area contributed by atoms with E-state index in [4.69, 9.17) is 0 Å². The standard InChI is InChI=1S/C14H20N6/c1-15-14(16-9-13-18-17-11-20(13)3)19(2)10-12-7-5-4-6-8-12/h4-8,11H,9-10H2,1-3H3,(H,15,16). The highest BCUT2D eigenvalue weighted by atomic mass is 15.3. The van der Waals surface area contributed by atoms with Gasteiger partial charge in [0.15, 0.2) is 11.8 Å². The van der Waals surface area contributed by atoms with Gasteiger partial charge in [-0.1, -0.05) is 30.3 Å². The topological polar surface area (TPSA) is 58.3 Å². The largest absolute Gasteiger partial charge is 0.349 e. The maximum atomic E-state index is 4.29. The molecule has 0 radical (unpaired) electrons. The minimum absolute atomic E-state index is 0.600. The number of aryl methyl sites for hydroxylation is 1. The normalized spacial score (nSPS) is 11.4. The number of aromatic nitrogens is 3. The summed E-state index contributed by atoms with van der Waals surface area (Å²) < 4.78 is 1.89. The summed E-state index contributed by atoms with van der Waals surface area (Å²) >= 11 is 0. The Hall–Kier alpha value is -2.37. The first-order valence-corrected chi connectivity index (χ1v) is 6.49. The van der Waals surface area contributed by atoms with E-state index >= 15 is 0 Å². The molecule has 2 rings (SSSR count). The van der Waals surface area contributed by atoms with E-state index in [0.29, 0.717) is 6.54 Å². The van der Waals surface area contributed by atoms with Gasteiger partial charge < -0.3 is 14.8 Å². The van der Waals surface area contributed by atoms with Crippen molar-refractivity contribution < 1.29 is 0 Å². The molecular formula is C14H20N6. The SMILES string of the molecule is CN=C(NCc1nncn1C)N(C)Cc1ccccc1. The lowest BCUT2D eigenvalue weighted by molar-refractivity contribution is 0.474. The molecule has 1 N–H and O–H groups in total. The molecule has 6 nitrogen and oxygen atoms in total. The Kier molecular flexibility index (Phi) is 4.70. The van der Waals surface area contributed by atoms with Gasteiger partial charge in [-0.05, 0) is 5.56 Å². The third-order valence-corrected chi connectivity index (χ3v) is 3.05. The molecule has 0 bridgehead atoms. The van der Waals surface area contributed by atoms with Crippen LogP contribution in [0.4, 0.5) is 0 Å². The second-order valence-electron chi connectivity index (χ2n) is 4.60. The van der Waals surface area contributed by atoms with E-state index < -0.39 is 0 Å². The fourth-order valence-electron chi connectivity index (χ4n) is 1.94. The third-order valence-electron chi connectivity index (χ3n) is 3.05. The molecule has 2 aromatic rings. The molecule has 0 spiro atoms. The van der Waals surface area contributed by atoms with Crippen LogP contribution in [0.25, 0.3) is 0 Å². The van der Waals surface area contributed by atoms with Gasteiger partial charge in [0.25, 0.3) is 0 Å². The first kappa shape index (κ1) is 14.0. The summed E-state index contributed by atoms with van der Waals surface area (Å²) in [4.78, 5) is 6.36. The number of benzene rings is 1. The molecule has 1 heterocycles. The van der Waals surface area contributed by atoms with Crippen molar-refractivity contribution in [1.29, 1.82) is 0 Å². The average molecular weight is 272 g/mol. The quantitative estimate of drug-likeness (QED) is 0.667. The summed E-state index contributed by atoms with van der Waals surface area (Å²) in [6.45, 7) is 1.40. The molecule has 1 aromatic heterocycles. The number of nitrogens with zero attached hydrogens (tertiary/aromatic N) is 5. The minimum atomic E-state index is 0.600. The molecular weight excluding hydrogens is 252 g/mol. The van der Waals surface area contributed by atoms with Crippen molar-refractivity contribution in [3.05, 3.63) is 48.0 Å². The molecule has 0 fully saturated rings. The minimum Gasteiger partial charge on any atom is -0.349 e. The van der Waals surface area contributed by atoms with Crippen LogP contribution in [-0.4, -0.2) is 39.7 Å². The monoisotopic (exact) mass is 272 g/mol. The van der Waals surface area contributed by atoms with Gasteiger partial charge in [-0.15, -0.1) is 10.2 Å². The Labute approximate surface area is 119 Å². The summed E-state index contributed by atoms with van der Waals surface area (Å²) in [6.07, 6.45) is 1.69. The lowest BCUT2D eigenvalue weighted by atomic mass is 10.2. The second kappa shape index (κ2) is 6.70. The molecule has 0 unspecified atom stereocenters. The van der Waals surface area contributed by atoms with E-state index in [2.05, 4.69) is 37.5 Å². The first-order chi connectivity index (χ1) is 9.70. The van der Waals surface area contributed by atoms with E-state index in [1.165, 1.54) is 5.56 Å². The summed E-state index contributed by atoms with van der Waals surface area (Å²) in [6, 6.07) is 10.3. The maximum absolute atomic E-state index is 4.29. The molecule has 0 aliphatic carbocycles. The third kappa shape index (κ3) is 3.57. The van der Waals surface area contributed by atoms with Crippen LogP contribution in [0.1, 0.15) is 11.4 Å². The summed E-state index contributed by atoms with van der Waals surface area (Å²) in [5, 5.41) is 11.2. The molecule has 0 aliphatic rings. The van der Waals surface area contributed by atoms with Crippen LogP contribution in [-0.2, 0) is 20.1 Å². The van der Waals surface area contributed by atoms with Crippen molar-refractivity contribution in [2.24, 2.45) is 12.0 Å². The van der Waals surface area contributed by atoms with Crippen molar-refractivity contribution in [2.45, 2.75) is 13.1 Å². The lowest BCUT2D eigenvalue weighted by Gasteiger charge is -2.22. The zero-order chi connectivity index (χ0) is 14.4. The van der Waals surface area contributed by atoms with Crippen molar-refractivity contribution in [3.8, 4) is 0 Å². The van der Waals surface area contributed by atoms with Crippen LogP contribution in [0, 0.1) is 0 Å². The highest BCUT2D eigenvalue weighted by molar-refractivity contribution is 5.79. The molecule has 0 atom stereocenters. The number of nitrogens with one attached hydrogen (secondary N) is 1. The van der Waals surface area contributed by atoms with Crippen LogP contribution in [0.2, 0.25) is 0 Å². The predicted octanol–water partition coefficient (Wildman–Crippen LogP) is 1.02. The van der Waals surface area contributed by atoms with E-state index in [0.717, 1.165) is 18.3 Å². The number of aliphatic imine (C=N–C) groups is 1. The Morgan fingerprint density at radius 1 is 1.35 bits per heavy atom. The molecule has 1 aromatic carbocycles. The summed E-state index contributed by atoms with van der Waals surface area (Å²) in [5.41, 5.74) is 1.25. The number of hydrogen-bond acceptors (Lipinski definition) is 3. The van der Waals surface area contributed by atoms with Gasteiger partial charge in [-0.25, -0.2) is 0 Å². The van der Waals surface area contributed by atoms with Gasteiger partial charge in [0.05, 0.1) is 6.54 Å². The van der Waals surface area contributed by atoms with Gasteiger partial charge in [0.1, 0.15) is 6.33 Å². The van der Waals surface area contributed by atoms with Gasteiger partial charge in [-0.2, -0.15) is 0 Å². The Balaban J connectivity index is 1.93. The number of guanidine groups is 1. The van der Waals surface area contributed by atoms with E-state index in [1.54, 1.807) is 13.4 Å². The fourth-order valence-corrected chi connectivity index (χ4v) is 1.94. The summed E-state index contributed by atoms with van der Waals surface area (Å²) in [7, 11) is 5.72. The van der Waals surface area contributed by atoms with Crippen LogP contribution < -0.4 is 5.32 Å². The van der Waals surface area contributed by atoms with Gasteiger partial charge in [0, 0.05) is 27.7 Å². The fraction of sp³-hybridized carbons (Fsp3) is 0.357. The Bertz CT molecular complexity index is 560. The highest BCUT2D eigenvalue weighted by Crippen LogP contribution is 2.03. The van der Waals surface area contributed by atoms with Crippen molar-refractivity contribution >= 4 is 5.96 Å². The van der Waals surface area contributed by atoms with E-state index in [9.17, 15) is 0 Å². The number of rotatable bonds is 4. The zero-order valence-corrected chi connectivity index (χ0v) is 12.1. The Morgan fingerprint density at radius 3 is 2.70 bits per heavy atom. The van der Waals surface area contributed by atoms with E-state index in [1.807, 2.05) is 36.9 Å². The first-order valence-electron chi connectivity index (χ1n) is 6.49.